The van der Waals surface area contributed by atoms with Crippen molar-refractivity contribution in [1.82, 2.24) is 14.5 Å². The van der Waals surface area contributed by atoms with Crippen LogP contribution in [0, 0.1) is 13.8 Å². The highest BCUT2D eigenvalue weighted by atomic mass is 32.2. The van der Waals surface area contributed by atoms with Crippen LogP contribution in [0.15, 0.2) is 23.1 Å². The maximum Gasteiger partial charge on any atom is 0.243 e. The molecule has 1 atom stereocenters. The largest absolute Gasteiger partial charge is 0.314 e. The van der Waals surface area contributed by atoms with E-state index in [0.717, 1.165) is 43.7 Å². The second kappa shape index (κ2) is 6.28. The number of piperazine rings is 1. The van der Waals surface area contributed by atoms with Crippen molar-refractivity contribution in [2.75, 3.05) is 39.3 Å². The number of hydrogen-bond acceptors (Lipinski definition) is 4. The van der Waals surface area contributed by atoms with Crippen molar-refractivity contribution < 1.29 is 8.42 Å². The van der Waals surface area contributed by atoms with Crippen LogP contribution in [0.2, 0.25) is 0 Å². The molecule has 2 aliphatic heterocycles. The lowest BCUT2D eigenvalue weighted by molar-refractivity contribution is 0.179. The zero-order chi connectivity index (χ0) is 15.7. The van der Waals surface area contributed by atoms with Crippen LogP contribution in [0.3, 0.4) is 0 Å². The number of hydrogen-bond donors (Lipinski definition) is 1. The molecule has 0 aliphatic carbocycles. The third kappa shape index (κ3) is 3.06. The van der Waals surface area contributed by atoms with E-state index in [1.807, 2.05) is 26.0 Å². The summed E-state index contributed by atoms with van der Waals surface area (Å²) >= 11 is 0. The molecule has 6 heteroatoms. The van der Waals surface area contributed by atoms with Gasteiger partial charge in [-0.3, -0.25) is 4.90 Å². The Balaban J connectivity index is 1.77. The molecule has 0 radical (unpaired) electrons. The molecule has 0 saturated carbocycles. The van der Waals surface area contributed by atoms with Crippen molar-refractivity contribution in [3.05, 3.63) is 29.3 Å². The van der Waals surface area contributed by atoms with Gasteiger partial charge < -0.3 is 5.32 Å². The summed E-state index contributed by atoms with van der Waals surface area (Å²) in [6.07, 6.45) is 0.935. The van der Waals surface area contributed by atoms with Crippen LogP contribution in [0.1, 0.15) is 17.5 Å². The summed E-state index contributed by atoms with van der Waals surface area (Å²) in [5, 5.41) is 3.35. The predicted molar refractivity (Wildman–Crippen MR) is 87.5 cm³/mol. The summed E-state index contributed by atoms with van der Waals surface area (Å²) in [5.41, 5.74) is 1.82. The molecule has 122 valence electrons. The maximum atomic E-state index is 12.9. The highest BCUT2D eigenvalue weighted by Gasteiger charge is 2.36. The minimum Gasteiger partial charge on any atom is -0.314 e. The van der Waals surface area contributed by atoms with E-state index in [1.165, 1.54) is 0 Å². The summed E-state index contributed by atoms with van der Waals surface area (Å²) in [5.74, 6) is 0. The van der Waals surface area contributed by atoms with E-state index in [0.29, 0.717) is 24.0 Å². The highest BCUT2D eigenvalue weighted by Crippen LogP contribution is 2.26. The zero-order valence-corrected chi connectivity index (χ0v) is 14.2. The zero-order valence-electron chi connectivity index (χ0n) is 13.4. The van der Waals surface area contributed by atoms with Crippen molar-refractivity contribution in [3.63, 3.8) is 0 Å². The fraction of sp³-hybridized carbons (Fsp3) is 0.625. The van der Waals surface area contributed by atoms with Crippen molar-refractivity contribution in [3.8, 4) is 0 Å². The van der Waals surface area contributed by atoms with E-state index in [4.69, 9.17) is 0 Å². The smallest absolute Gasteiger partial charge is 0.243 e. The highest BCUT2D eigenvalue weighted by molar-refractivity contribution is 7.89. The molecule has 3 rings (SSSR count). The summed E-state index contributed by atoms with van der Waals surface area (Å²) in [6, 6.07) is 6.01. The summed E-state index contributed by atoms with van der Waals surface area (Å²) in [6.45, 7) is 9.09. The SMILES string of the molecule is Cc1ccc(C)c(S(=O)(=O)N2CCC(N3CCNCC3)C2)c1. The predicted octanol–water partition coefficient (Wildman–Crippen LogP) is 0.972. The summed E-state index contributed by atoms with van der Waals surface area (Å²) in [7, 11) is -3.37. The van der Waals surface area contributed by atoms with Gasteiger partial charge in [0, 0.05) is 45.3 Å². The number of nitrogens with zero attached hydrogens (tertiary/aromatic N) is 2. The van der Waals surface area contributed by atoms with E-state index in [2.05, 4.69) is 10.2 Å². The van der Waals surface area contributed by atoms with E-state index in [-0.39, 0.29) is 0 Å². The maximum absolute atomic E-state index is 12.9. The van der Waals surface area contributed by atoms with Gasteiger partial charge in [0.2, 0.25) is 10.0 Å². The van der Waals surface area contributed by atoms with Crippen LogP contribution < -0.4 is 5.32 Å². The molecule has 0 bridgehead atoms. The van der Waals surface area contributed by atoms with Gasteiger partial charge in [-0.25, -0.2) is 8.42 Å². The second-order valence-electron chi connectivity index (χ2n) is 6.36. The van der Waals surface area contributed by atoms with Crippen LogP contribution in [0.25, 0.3) is 0 Å². The van der Waals surface area contributed by atoms with Gasteiger partial charge in [0.1, 0.15) is 0 Å². The van der Waals surface area contributed by atoms with Crippen LogP contribution in [0.5, 0.6) is 0 Å². The molecule has 1 N–H and O–H groups in total. The Kier molecular flexibility index (Phi) is 4.54. The Morgan fingerprint density at radius 2 is 1.86 bits per heavy atom. The molecule has 0 spiro atoms. The lowest BCUT2D eigenvalue weighted by Gasteiger charge is -2.32. The van der Waals surface area contributed by atoms with Gasteiger partial charge in [-0.05, 0) is 37.5 Å². The van der Waals surface area contributed by atoms with E-state index < -0.39 is 10.0 Å². The van der Waals surface area contributed by atoms with Crippen LogP contribution in [-0.4, -0.2) is 62.9 Å². The van der Waals surface area contributed by atoms with E-state index in [1.54, 1.807) is 10.4 Å². The molecule has 2 aliphatic rings. The lowest BCUT2D eigenvalue weighted by atomic mass is 10.2. The molecule has 1 unspecified atom stereocenters. The first-order valence-electron chi connectivity index (χ1n) is 8.00. The average molecular weight is 323 g/mol. The van der Waals surface area contributed by atoms with Crippen molar-refractivity contribution in [1.29, 1.82) is 0 Å². The Hall–Kier alpha value is -0.950. The first-order valence-corrected chi connectivity index (χ1v) is 9.44. The standard InChI is InChI=1S/C16H25N3O2S/c1-13-3-4-14(2)16(11-13)22(20,21)19-8-5-15(12-19)18-9-6-17-7-10-18/h3-4,11,15,17H,5-10,12H2,1-2H3. The topological polar surface area (TPSA) is 52.7 Å². The Bertz CT molecular complexity index is 639. The first kappa shape index (κ1) is 15.9. The second-order valence-corrected chi connectivity index (χ2v) is 8.27. The summed E-state index contributed by atoms with van der Waals surface area (Å²) in [4.78, 5) is 2.89. The molecular formula is C16H25N3O2S. The molecule has 5 nitrogen and oxygen atoms in total. The van der Waals surface area contributed by atoms with Gasteiger partial charge >= 0.3 is 0 Å². The molecule has 2 saturated heterocycles. The van der Waals surface area contributed by atoms with E-state index in [9.17, 15) is 8.42 Å². The Labute approximate surface area is 133 Å². The first-order chi connectivity index (χ1) is 10.5. The van der Waals surface area contributed by atoms with Gasteiger partial charge in [0.05, 0.1) is 4.90 Å². The fourth-order valence-electron chi connectivity index (χ4n) is 3.40. The third-order valence-electron chi connectivity index (χ3n) is 4.76. The molecule has 1 aromatic carbocycles. The van der Waals surface area contributed by atoms with Gasteiger partial charge in [0.25, 0.3) is 0 Å². The van der Waals surface area contributed by atoms with Crippen molar-refractivity contribution >= 4 is 10.0 Å². The number of benzene rings is 1. The minimum atomic E-state index is -3.37. The normalized spacial score (nSPS) is 24.7. The molecule has 0 aromatic heterocycles. The Morgan fingerprint density at radius 1 is 1.14 bits per heavy atom. The van der Waals surface area contributed by atoms with Crippen LogP contribution in [-0.2, 0) is 10.0 Å². The number of rotatable bonds is 3. The molecule has 2 fully saturated rings. The molecule has 1 aromatic rings. The molecule has 2 heterocycles. The summed E-state index contributed by atoms with van der Waals surface area (Å²) < 4.78 is 27.5. The van der Waals surface area contributed by atoms with Crippen LogP contribution >= 0.6 is 0 Å². The third-order valence-corrected chi connectivity index (χ3v) is 6.76. The molecular weight excluding hydrogens is 298 g/mol. The van der Waals surface area contributed by atoms with Gasteiger partial charge in [-0.1, -0.05) is 12.1 Å². The number of aryl methyl sites for hydroxylation is 2. The quantitative estimate of drug-likeness (QED) is 0.901. The monoisotopic (exact) mass is 323 g/mol. The molecule has 22 heavy (non-hydrogen) atoms. The number of sulfonamides is 1. The lowest BCUT2D eigenvalue weighted by Crippen LogP contribution is -2.49. The minimum absolute atomic E-state index is 0.363. The van der Waals surface area contributed by atoms with Crippen LogP contribution in [0.4, 0.5) is 0 Å². The Morgan fingerprint density at radius 3 is 2.59 bits per heavy atom. The fourth-order valence-corrected chi connectivity index (χ4v) is 5.20. The van der Waals surface area contributed by atoms with Crippen molar-refractivity contribution in [2.24, 2.45) is 0 Å². The van der Waals surface area contributed by atoms with Crippen molar-refractivity contribution in [2.45, 2.75) is 31.2 Å². The average Bonchev–Trinajstić information content (AvgIpc) is 3.01. The van der Waals surface area contributed by atoms with E-state index >= 15 is 0 Å². The number of nitrogens with one attached hydrogen (secondary N) is 1. The van der Waals surface area contributed by atoms with Gasteiger partial charge in [-0.15, -0.1) is 0 Å². The van der Waals surface area contributed by atoms with Gasteiger partial charge in [-0.2, -0.15) is 4.31 Å². The van der Waals surface area contributed by atoms with Gasteiger partial charge in [0.15, 0.2) is 0 Å². The molecule has 0 amide bonds.